The van der Waals surface area contributed by atoms with Crippen molar-refractivity contribution in [2.24, 2.45) is 4.99 Å². The first-order chi connectivity index (χ1) is 18.3. The lowest BCUT2D eigenvalue weighted by Gasteiger charge is -2.27. The molecule has 0 aliphatic carbocycles. The third kappa shape index (κ3) is 7.17. The lowest BCUT2D eigenvalue weighted by atomic mass is 10.1. The Kier molecular flexibility index (Phi) is 9.78. The first kappa shape index (κ1) is 30.6. The number of carbonyl (C=O) groups excluding carboxylic acids is 1. The number of hydrogen-bond donors (Lipinski definition) is 2. The normalized spacial score (nSPS) is 19.3. The largest absolute Gasteiger partial charge is 0.429 e. The van der Waals surface area contributed by atoms with Gasteiger partial charge in [0, 0.05) is 41.2 Å². The van der Waals surface area contributed by atoms with Crippen molar-refractivity contribution in [3.63, 3.8) is 0 Å². The molecule has 2 heterocycles. The van der Waals surface area contributed by atoms with Gasteiger partial charge in [0.2, 0.25) is 15.9 Å². The third-order valence-corrected chi connectivity index (χ3v) is 8.90. The van der Waals surface area contributed by atoms with E-state index in [0.29, 0.717) is 16.5 Å². The van der Waals surface area contributed by atoms with Gasteiger partial charge in [-0.15, -0.1) is 0 Å². The number of alkyl halides is 3. The van der Waals surface area contributed by atoms with Gasteiger partial charge in [-0.05, 0) is 78.0 Å². The number of pyridine rings is 1. The summed E-state index contributed by atoms with van der Waals surface area (Å²) in [7, 11) is -4.08. The monoisotopic (exact) mass is 631 g/mol. The summed E-state index contributed by atoms with van der Waals surface area (Å²) in [6.45, 7) is 2.96. The molecule has 1 aliphatic rings. The molecule has 2 unspecified atom stereocenters. The van der Waals surface area contributed by atoms with Gasteiger partial charge in [-0.25, -0.2) is 12.8 Å². The highest BCUT2D eigenvalue weighted by molar-refractivity contribution is 9.10. The standard InChI is InChI=1S/C25H26BrF4N5O3S/c1-3-23(25(28,29)30)33-13-17(11-31)21-10-16(20(26)14-32-21)12-34-24(36)22-9-4-15(2)35(22)39(37,38)19-7-5-18(27)6-8-19/h5-8,10-11,13-15,22,31H,3-4,9,12H2,1-2H3,(H,34,36)/b17-13+,31-11?,33-23+. The fourth-order valence-electron chi connectivity index (χ4n) is 4.10. The fourth-order valence-corrected chi connectivity index (χ4v) is 6.30. The summed E-state index contributed by atoms with van der Waals surface area (Å²) in [5, 5.41) is 10.3. The van der Waals surface area contributed by atoms with Crippen LogP contribution in [-0.2, 0) is 21.4 Å². The molecule has 1 fully saturated rings. The Labute approximate surface area is 231 Å². The van der Waals surface area contributed by atoms with Crippen LogP contribution < -0.4 is 5.32 Å². The van der Waals surface area contributed by atoms with Crippen LogP contribution in [0.1, 0.15) is 44.4 Å². The van der Waals surface area contributed by atoms with Gasteiger partial charge in [0.25, 0.3) is 0 Å². The van der Waals surface area contributed by atoms with E-state index in [-0.39, 0.29) is 35.5 Å². The highest BCUT2D eigenvalue weighted by Crippen LogP contribution is 2.31. The summed E-state index contributed by atoms with van der Waals surface area (Å²) >= 11 is 3.32. The van der Waals surface area contributed by atoms with Gasteiger partial charge in [-0.2, -0.15) is 17.5 Å². The van der Waals surface area contributed by atoms with Gasteiger partial charge in [-0.3, -0.25) is 14.8 Å². The van der Waals surface area contributed by atoms with Crippen molar-refractivity contribution in [1.29, 1.82) is 5.41 Å². The number of sulfonamides is 1. The number of benzene rings is 1. The summed E-state index contributed by atoms with van der Waals surface area (Å²) in [6.07, 6.45) is -1.09. The van der Waals surface area contributed by atoms with E-state index in [1.54, 1.807) is 6.92 Å². The average molecular weight is 632 g/mol. The maximum absolute atomic E-state index is 13.3. The molecule has 1 aromatic heterocycles. The molecule has 1 aliphatic heterocycles. The van der Waals surface area contributed by atoms with Gasteiger partial charge in [-0.1, -0.05) is 6.92 Å². The summed E-state index contributed by atoms with van der Waals surface area (Å²) in [4.78, 5) is 20.6. The van der Waals surface area contributed by atoms with Crippen LogP contribution in [0.3, 0.4) is 0 Å². The second-order valence-electron chi connectivity index (χ2n) is 8.77. The fraction of sp³-hybridized carbons (Fsp3) is 0.360. The maximum atomic E-state index is 13.3. The van der Waals surface area contributed by atoms with E-state index in [1.165, 1.54) is 19.2 Å². The Balaban J connectivity index is 1.81. The Hall–Kier alpha value is -2.97. The number of carbonyl (C=O) groups is 1. The predicted octanol–water partition coefficient (Wildman–Crippen LogP) is 5.24. The molecule has 8 nitrogen and oxygen atoms in total. The molecule has 3 rings (SSSR count). The topological polar surface area (TPSA) is 116 Å². The number of nitrogens with one attached hydrogen (secondary N) is 2. The van der Waals surface area contributed by atoms with E-state index in [9.17, 15) is 30.8 Å². The van der Waals surface area contributed by atoms with Crippen molar-refractivity contribution in [1.82, 2.24) is 14.6 Å². The Morgan fingerprint density at radius 2 is 1.95 bits per heavy atom. The van der Waals surface area contributed by atoms with E-state index >= 15 is 0 Å². The Bertz CT molecular complexity index is 1400. The molecule has 1 aromatic carbocycles. The minimum Gasteiger partial charge on any atom is -0.351 e. The number of amides is 1. The molecule has 1 amide bonds. The van der Waals surface area contributed by atoms with Crippen LogP contribution in [0, 0.1) is 11.2 Å². The van der Waals surface area contributed by atoms with E-state index in [4.69, 9.17) is 5.41 Å². The van der Waals surface area contributed by atoms with Crippen molar-refractivity contribution in [2.75, 3.05) is 0 Å². The van der Waals surface area contributed by atoms with Crippen LogP contribution in [0.15, 0.2) is 57.1 Å². The van der Waals surface area contributed by atoms with Crippen LogP contribution in [0.2, 0.25) is 0 Å². The first-order valence-corrected chi connectivity index (χ1v) is 14.1. The number of rotatable bonds is 9. The molecule has 0 saturated carbocycles. The second kappa shape index (κ2) is 12.5. The summed E-state index contributed by atoms with van der Waals surface area (Å²) in [5.74, 6) is -1.13. The molecule has 14 heteroatoms. The van der Waals surface area contributed by atoms with Crippen LogP contribution in [0.5, 0.6) is 0 Å². The lowest BCUT2D eigenvalue weighted by molar-refractivity contribution is -0.124. The molecule has 2 aromatic rings. The highest BCUT2D eigenvalue weighted by atomic mass is 79.9. The number of nitrogens with zero attached hydrogens (tertiary/aromatic N) is 3. The van der Waals surface area contributed by atoms with Crippen LogP contribution in [0.4, 0.5) is 17.6 Å². The van der Waals surface area contributed by atoms with Crippen LogP contribution >= 0.6 is 15.9 Å². The van der Waals surface area contributed by atoms with Crippen molar-refractivity contribution in [3.05, 3.63) is 64.3 Å². The molecule has 2 atom stereocenters. The first-order valence-electron chi connectivity index (χ1n) is 11.9. The maximum Gasteiger partial charge on any atom is 0.429 e. The third-order valence-electron chi connectivity index (χ3n) is 6.15. The van der Waals surface area contributed by atoms with Crippen LogP contribution in [-0.4, -0.2) is 53.8 Å². The number of allylic oxidation sites excluding steroid dienone is 1. The zero-order valence-corrected chi connectivity index (χ0v) is 23.4. The SMILES string of the molecule is CC/C(=N\C=C(/C=N)c1cc(CNC(=O)C2CCC(C)N2S(=O)(=O)c2ccc(F)cc2)c(Br)cn1)C(F)(F)F. The predicted molar refractivity (Wildman–Crippen MR) is 142 cm³/mol. The van der Waals surface area contributed by atoms with Crippen molar-refractivity contribution in [3.8, 4) is 0 Å². The quantitative estimate of drug-likeness (QED) is 0.291. The van der Waals surface area contributed by atoms with Crippen molar-refractivity contribution >= 4 is 49.4 Å². The highest BCUT2D eigenvalue weighted by Gasteiger charge is 2.43. The summed E-state index contributed by atoms with van der Waals surface area (Å²) < 4.78 is 80.4. The van der Waals surface area contributed by atoms with E-state index in [0.717, 1.165) is 41.0 Å². The molecule has 0 bridgehead atoms. The van der Waals surface area contributed by atoms with Crippen molar-refractivity contribution < 1.29 is 30.8 Å². The number of halogens is 5. The molecule has 210 valence electrons. The molecule has 39 heavy (non-hydrogen) atoms. The lowest BCUT2D eigenvalue weighted by Crippen LogP contribution is -2.48. The Morgan fingerprint density at radius 1 is 1.28 bits per heavy atom. The summed E-state index contributed by atoms with van der Waals surface area (Å²) in [6, 6.07) is 4.41. The molecule has 0 radical (unpaired) electrons. The van der Waals surface area contributed by atoms with Gasteiger partial charge in [0.1, 0.15) is 17.6 Å². The molecular weight excluding hydrogens is 606 g/mol. The van der Waals surface area contributed by atoms with Gasteiger partial charge in [0.05, 0.1) is 10.6 Å². The zero-order valence-electron chi connectivity index (χ0n) is 21.0. The minimum absolute atomic E-state index is 0.0199. The van der Waals surface area contributed by atoms with Gasteiger partial charge in [0.15, 0.2) is 0 Å². The van der Waals surface area contributed by atoms with Gasteiger partial charge < -0.3 is 10.7 Å². The molecule has 2 N–H and O–H groups in total. The Morgan fingerprint density at radius 3 is 2.54 bits per heavy atom. The van der Waals surface area contributed by atoms with E-state index in [1.807, 2.05) is 0 Å². The molecule has 1 saturated heterocycles. The van der Waals surface area contributed by atoms with Gasteiger partial charge >= 0.3 is 6.18 Å². The smallest absolute Gasteiger partial charge is 0.351 e. The van der Waals surface area contributed by atoms with Crippen LogP contribution in [0.25, 0.3) is 5.57 Å². The molecular formula is C25H26BrF4N5O3S. The number of hydrogen-bond acceptors (Lipinski definition) is 6. The number of aliphatic imine (C=N–C) groups is 1. The average Bonchev–Trinajstić information content (AvgIpc) is 3.28. The summed E-state index contributed by atoms with van der Waals surface area (Å²) in [5.41, 5.74) is -0.326. The van der Waals surface area contributed by atoms with Crippen molar-refractivity contribution in [2.45, 2.75) is 62.8 Å². The number of aromatic nitrogens is 1. The second-order valence-corrected chi connectivity index (χ2v) is 11.5. The van der Waals surface area contributed by atoms with E-state index in [2.05, 4.69) is 31.2 Å². The minimum atomic E-state index is -4.60. The molecule has 0 spiro atoms. The van der Waals surface area contributed by atoms with E-state index < -0.39 is 45.7 Å². The zero-order chi connectivity index (χ0) is 29.0.